The van der Waals surface area contributed by atoms with Crippen LogP contribution in [0, 0.1) is 6.92 Å². The van der Waals surface area contributed by atoms with Gasteiger partial charge in [0, 0.05) is 24.3 Å². The van der Waals surface area contributed by atoms with Crippen molar-refractivity contribution in [1.29, 1.82) is 0 Å². The average Bonchev–Trinajstić information content (AvgIpc) is 2.84. The molecule has 0 amide bonds. The third-order valence-electron chi connectivity index (χ3n) is 2.99. The van der Waals surface area contributed by atoms with Crippen LogP contribution in [0.3, 0.4) is 0 Å². The second-order valence-electron chi connectivity index (χ2n) is 4.14. The molecule has 18 heavy (non-hydrogen) atoms. The lowest BCUT2D eigenvalue weighted by Gasteiger charge is -2.14. The summed E-state index contributed by atoms with van der Waals surface area (Å²) in [6.45, 7) is 7.79. The molecular formula is C13H18N4O. The number of rotatable bonds is 4. The number of nitrogen functional groups attached to an aromatic ring is 1. The van der Waals surface area contributed by atoms with Crippen LogP contribution in [0.25, 0.3) is 11.5 Å². The molecule has 0 aliphatic rings. The van der Waals surface area contributed by atoms with Crippen LogP contribution in [-0.4, -0.2) is 23.2 Å². The molecule has 1 heterocycles. The van der Waals surface area contributed by atoms with E-state index in [9.17, 15) is 0 Å². The fraction of sp³-hybridized carbons (Fsp3) is 0.385. The molecule has 0 aliphatic heterocycles. The van der Waals surface area contributed by atoms with Crippen LogP contribution in [0.1, 0.15) is 19.4 Å². The third-order valence-corrected chi connectivity index (χ3v) is 2.99. The first-order chi connectivity index (χ1) is 8.65. The van der Waals surface area contributed by atoms with Crippen molar-refractivity contribution in [2.75, 3.05) is 23.7 Å². The highest BCUT2D eigenvalue weighted by atomic mass is 16.5. The maximum atomic E-state index is 5.88. The van der Waals surface area contributed by atoms with E-state index in [0.717, 1.165) is 29.9 Å². The number of hydrogen-bond acceptors (Lipinski definition) is 5. The molecule has 0 unspecified atom stereocenters. The van der Waals surface area contributed by atoms with Gasteiger partial charge in [-0.05, 0) is 43.6 Å². The molecule has 96 valence electrons. The molecule has 2 aromatic rings. The minimum atomic E-state index is 0.503. The van der Waals surface area contributed by atoms with Crippen LogP contribution in [0.4, 0.5) is 11.6 Å². The molecule has 0 saturated carbocycles. The van der Waals surface area contributed by atoms with Gasteiger partial charge >= 0.3 is 0 Å². The number of aryl methyl sites for hydroxylation is 1. The lowest BCUT2D eigenvalue weighted by Crippen LogP contribution is -2.22. The van der Waals surface area contributed by atoms with Crippen molar-refractivity contribution in [3.05, 3.63) is 23.8 Å². The molecule has 0 atom stereocenters. The summed E-state index contributed by atoms with van der Waals surface area (Å²) in [5, 5.41) is 3.99. The van der Waals surface area contributed by atoms with E-state index in [-0.39, 0.29) is 0 Å². The van der Waals surface area contributed by atoms with Crippen LogP contribution in [-0.2, 0) is 0 Å². The van der Waals surface area contributed by atoms with E-state index in [1.165, 1.54) is 0 Å². The van der Waals surface area contributed by atoms with E-state index >= 15 is 0 Å². The lowest BCUT2D eigenvalue weighted by molar-refractivity contribution is 0.429. The van der Waals surface area contributed by atoms with Gasteiger partial charge in [-0.25, -0.2) is 0 Å². The molecular weight excluding hydrogens is 228 g/mol. The van der Waals surface area contributed by atoms with Crippen molar-refractivity contribution >= 4 is 11.6 Å². The Hall–Kier alpha value is -2.04. The van der Waals surface area contributed by atoms with Crippen molar-refractivity contribution in [2.24, 2.45) is 0 Å². The lowest BCUT2D eigenvalue weighted by atomic mass is 10.1. The van der Waals surface area contributed by atoms with Crippen molar-refractivity contribution in [1.82, 2.24) is 10.1 Å². The highest BCUT2D eigenvalue weighted by molar-refractivity contribution is 5.63. The summed E-state index contributed by atoms with van der Waals surface area (Å²) in [7, 11) is 0. The predicted octanol–water partition coefficient (Wildman–Crippen LogP) is 2.47. The van der Waals surface area contributed by atoms with Crippen LogP contribution in [0.2, 0.25) is 0 Å². The quantitative estimate of drug-likeness (QED) is 0.839. The third kappa shape index (κ3) is 2.30. The summed E-state index contributed by atoms with van der Waals surface area (Å²) >= 11 is 0. The van der Waals surface area contributed by atoms with Crippen molar-refractivity contribution in [3.8, 4) is 11.5 Å². The molecule has 0 bridgehead atoms. The maximum absolute atomic E-state index is 5.88. The standard InChI is InChI=1S/C13H18N4O/c1-4-17(5-2)13-15-12(18-16-13)10-7-6-9(3)11(14)8-10/h6-8H,4-5,14H2,1-3H3. The second-order valence-corrected chi connectivity index (χ2v) is 4.14. The molecule has 0 fully saturated rings. The van der Waals surface area contributed by atoms with Gasteiger partial charge < -0.3 is 15.2 Å². The minimum Gasteiger partial charge on any atom is -0.398 e. The van der Waals surface area contributed by atoms with Crippen molar-refractivity contribution in [3.63, 3.8) is 0 Å². The van der Waals surface area contributed by atoms with Gasteiger partial charge in [-0.3, -0.25) is 0 Å². The Labute approximate surface area is 107 Å². The Balaban J connectivity index is 2.31. The van der Waals surface area contributed by atoms with Gasteiger partial charge in [0.05, 0.1) is 0 Å². The number of hydrogen-bond donors (Lipinski definition) is 1. The summed E-state index contributed by atoms with van der Waals surface area (Å²) < 4.78 is 5.27. The van der Waals surface area contributed by atoms with E-state index in [4.69, 9.17) is 10.3 Å². The summed E-state index contributed by atoms with van der Waals surface area (Å²) in [6, 6.07) is 5.74. The summed E-state index contributed by atoms with van der Waals surface area (Å²) in [5.41, 5.74) is 8.50. The SMILES string of the molecule is CCN(CC)c1noc(-c2ccc(C)c(N)c2)n1. The van der Waals surface area contributed by atoms with Crippen molar-refractivity contribution in [2.45, 2.75) is 20.8 Å². The van der Waals surface area contributed by atoms with E-state index in [0.29, 0.717) is 11.8 Å². The topological polar surface area (TPSA) is 68.2 Å². The fourth-order valence-electron chi connectivity index (χ4n) is 1.74. The zero-order valence-corrected chi connectivity index (χ0v) is 11.0. The Kier molecular flexibility index (Phi) is 3.50. The van der Waals surface area contributed by atoms with Gasteiger partial charge in [-0.2, -0.15) is 4.98 Å². The average molecular weight is 246 g/mol. The van der Waals surface area contributed by atoms with Gasteiger partial charge in [0.1, 0.15) is 0 Å². The molecule has 5 heteroatoms. The molecule has 0 spiro atoms. The Morgan fingerprint density at radius 3 is 2.61 bits per heavy atom. The van der Waals surface area contributed by atoms with E-state index in [2.05, 4.69) is 24.0 Å². The summed E-state index contributed by atoms with van der Waals surface area (Å²) in [4.78, 5) is 6.42. The molecule has 1 aromatic carbocycles. The largest absolute Gasteiger partial charge is 0.398 e. The van der Waals surface area contributed by atoms with Gasteiger partial charge in [-0.1, -0.05) is 6.07 Å². The van der Waals surface area contributed by atoms with Gasteiger partial charge in [0.15, 0.2) is 0 Å². The van der Waals surface area contributed by atoms with E-state index < -0.39 is 0 Å². The molecule has 1 aromatic heterocycles. The smallest absolute Gasteiger partial charge is 0.266 e. The maximum Gasteiger partial charge on any atom is 0.266 e. The molecule has 5 nitrogen and oxygen atoms in total. The van der Waals surface area contributed by atoms with Gasteiger partial charge in [-0.15, -0.1) is 0 Å². The summed E-state index contributed by atoms with van der Waals surface area (Å²) in [5.74, 6) is 1.12. The normalized spacial score (nSPS) is 10.6. The zero-order valence-electron chi connectivity index (χ0n) is 11.0. The minimum absolute atomic E-state index is 0.503. The highest BCUT2D eigenvalue weighted by Crippen LogP contribution is 2.23. The first kappa shape index (κ1) is 12.4. The number of nitrogens with two attached hydrogens (primary N) is 1. The Bertz CT molecular complexity index is 532. The van der Waals surface area contributed by atoms with Crippen molar-refractivity contribution < 1.29 is 4.52 Å². The zero-order chi connectivity index (χ0) is 13.1. The van der Waals surface area contributed by atoms with E-state index in [1.807, 2.05) is 30.0 Å². The number of anilines is 2. The fourth-order valence-corrected chi connectivity index (χ4v) is 1.74. The van der Waals surface area contributed by atoms with Gasteiger partial charge in [0.25, 0.3) is 11.8 Å². The van der Waals surface area contributed by atoms with Crippen LogP contribution >= 0.6 is 0 Å². The number of benzene rings is 1. The Morgan fingerprint density at radius 1 is 1.28 bits per heavy atom. The number of aromatic nitrogens is 2. The van der Waals surface area contributed by atoms with Gasteiger partial charge in [0.2, 0.25) is 0 Å². The Morgan fingerprint density at radius 2 is 2.00 bits per heavy atom. The van der Waals surface area contributed by atoms with E-state index in [1.54, 1.807) is 0 Å². The van der Waals surface area contributed by atoms with Crippen LogP contribution in [0.5, 0.6) is 0 Å². The second kappa shape index (κ2) is 5.08. The molecule has 0 radical (unpaired) electrons. The number of nitrogens with zero attached hydrogens (tertiary/aromatic N) is 3. The molecule has 2 rings (SSSR count). The monoisotopic (exact) mass is 246 g/mol. The van der Waals surface area contributed by atoms with Crippen LogP contribution < -0.4 is 10.6 Å². The van der Waals surface area contributed by atoms with Crippen LogP contribution in [0.15, 0.2) is 22.7 Å². The highest BCUT2D eigenvalue weighted by Gasteiger charge is 2.13. The molecule has 2 N–H and O–H groups in total. The predicted molar refractivity (Wildman–Crippen MR) is 72.4 cm³/mol. The first-order valence-corrected chi connectivity index (χ1v) is 6.10. The first-order valence-electron chi connectivity index (χ1n) is 6.10. The molecule has 0 aliphatic carbocycles. The summed E-state index contributed by atoms with van der Waals surface area (Å²) in [6.07, 6.45) is 0. The molecule has 0 saturated heterocycles.